The van der Waals surface area contributed by atoms with Gasteiger partial charge in [-0.25, -0.2) is 0 Å². The molecule has 0 atom stereocenters. The second kappa shape index (κ2) is 21.8. The van der Waals surface area contributed by atoms with Gasteiger partial charge in [0.25, 0.3) is 0 Å². The molecule has 0 unspecified atom stereocenters. The van der Waals surface area contributed by atoms with E-state index in [-0.39, 0.29) is 10.3 Å². The van der Waals surface area contributed by atoms with Crippen LogP contribution >= 0.6 is 34.4 Å². The summed E-state index contributed by atoms with van der Waals surface area (Å²) in [6, 6.07) is 22.7. The van der Waals surface area contributed by atoms with Crippen LogP contribution < -0.4 is 18.9 Å². The Morgan fingerprint density at radius 2 is 0.767 bits per heavy atom. The number of ether oxygens (including phenoxy) is 4. The van der Waals surface area contributed by atoms with Gasteiger partial charge in [-0.3, -0.25) is 0 Å². The Labute approximate surface area is 457 Å². The molecule has 3 aromatic carbocycles. The zero-order chi connectivity index (χ0) is 53.1. The van der Waals surface area contributed by atoms with Crippen molar-refractivity contribution in [1.29, 1.82) is 0 Å². The summed E-state index contributed by atoms with van der Waals surface area (Å²) in [7, 11) is -14.3. The van der Waals surface area contributed by atoms with Gasteiger partial charge in [-0.1, -0.05) is 86.9 Å². The number of aromatic nitrogens is 2. The summed E-state index contributed by atoms with van der Waals surface area (Å²) in [5.74, 6) is 3.11. The first-order valence-corrected chi connectivity index (χ1v) is 53.4. The fourth-order valence-electron chi connectivity index (χ4n) is 11.4. The zero-order valence-corrected chi connectivity index (χ0v) is 57.5. The molecule has 0 saturated heterocycles. The third-order valence-electron chi connectivity index (χ3n) is 13.2. The first-order valence-electron chi connectivity index (χ1n) is 26.1. The van der Waals surface area contributed by atoms with E-state index in [2.05, 4.69) is 179 Å². The van der Waals surface area contributed by atoms with E-state index in [1.807, 2.05) is 0 Å². The maximum absolute atomic E-state index is 7.14. The lowest BCUT2D eigenvalue weighted by atomic mass is 10.0. The fraction of sp³-hybridized carbons (Fsp3) is 0.500. The van der Waals surface area contributed by atoms with Crippen molar-refractivity contribution >= 4 is 113 Å². The third kappa shape index (κ3) is 12.7. The van der Waals surface area contributed by atoms with Gasteiger partial charge in [-0.2, -0.15) is 8.75 Å². The molecule has 10 nitrogen and oxygen atoms in total. The van der Waals surface area contributed by atoms with Gasteiger partial charge in [0, 0.05) is 33.9 Å². The molecule has 0 saturated carbocycles. The highest BCUT2D eigenvalue weighted by Crippen LogP contribution is 2.58. The summed E-state index contributed by atoms with van der Waals surface area (Å²) in [6.45, 7) is 44.5. The van der Waals surface area contributed by atoms with Gasteiger partial charge in [-0.05, 0) is 114 Å². The van der Waals surface area contributed by atoms with Crippen molar-refractivity contribution < 1.29 is 36.0 Å². The van der Waals surface area contributed by atoms with Gasteiger partial charge >= 0.3 is 0 Å². The Bertz CT molecular complexity index is 2840. The molecular formula is C52H80N2O8S3Si8. The van der Waals surface area contributed by atoms with Crippen LogP contribution in [0.4, 0.5) is 0 Å². The number of hydrogen-bond acceptors (Lipinski definition) is 13. The summed E-state index contributed by atoms with van der Waals surface area (Å²) >= 11 is 4.63. The lowest BCUT2D eigenvalue weighted by molar-refractivity contribution is 0.175. The molecule has 21 heteroatoms. The summed E-state index contributed by atoms with van der Waals surface area (Å²) < 4.78 is 64.1. The fourth-order valence-corrected chi connectivity index (χ4v) is 53.4. The highest BCUT2D eigenvalue weighted by Gasteiger charge is 2.51. The Kier molecular flexibility index (Phi) is 17.0. The monoisotopic (exact) mass is 1180 g/mol. The lowest BCUT2D eigenvalue weighted by Crippen LogP contribution is -2.59. The van der Waals surface area contributed by atoms with Crippen molar-refractivity contribution in [2.75, 3.05) is 38.9 Å². The van der Waals surface area contributed by atoms with Crippen LogP contribution in [0.15, 0.2) is 60.7 Å². The van der Waals surface area contributed by atoms with Gasteiger partial charge in [0.15, 0.2) is 72.9 Å². The smallest absolute Gasteiger partial charge is 0.193 e. The maximum atomic E-state index is 7.14. The van der Waals surface area contributed by atoms with Crippen molar-refractivity contribution in [3.05, 3.63) is 71.8 Å². The summed E-state index contributed by atoms with van der Waals surface area (Å²) in [6.07, 6.45) is 1.81. The molecule has 73 heavy (non-hydrogen) atoms. The van der Waals surface area contributed by atoms with E-state index >= 15 is 0 Å². The number of thiophene rings is 2. The Balaban J connectivity index is 1.15. The van der Waals surface area contributed by atoms with Crippen molar-refractivity contribution in [2.45, 2.75) is 128 Å². The predicted octanol–water partition coefficient (Wildman–Crippen LogP) is 15.0. The minimum absolute atomic E-state index is 0.258. The Morgan fingerprint density at radius 1 is 0.452 bits per heavy atom. The first kappa shape index (κ1) is 56.8. The molecule has 0 spiro atoms. The third-order valence-corrected chi connectivity index (χ3v) is 44.7. The second-order valence-corrected chi connectivity index (χ2v) is 60.5. The molecule has 6 aromatic rings. The Hall–Kier alpha value is -2.34. The molecule has 0 N–H and O–H groups in total. The van der Waals surface area contributed by atoms with Crippen molar-refractivity contribution in [1.82, 2.24) is 8.75 Å². The molecule has 5 heterocycles. The van der Waals surface area contributed by atoms with Crippen LogP contribution in [0, 0.1) is 0 Å². The van der Waals surface area contributed by atoms with Gasteiger partial charge < -0.3 is 36.0 Å². The van der Waals surface area contributed by atoms with E-state index in [0.717, 1.165) is 88.3 Å². The summed E-state index contributed by atoms with van der Waals surface area (Å²) in [5.41, 5.74) is 8.43. The number of benzene rings is 3. The number of hydrogen-bond donors (Lipinski definition) is 0. The van der Waals surface area contributed by atoms with Crippen LogP contribution in [0.3, 0.4) is 0 Å². The summed E-state index contributed by atoms with van der Waals surface area (Å²) in [5, 5.41) is 0.544. The molecule has 2 aliphatic heterocycles. The molecular weight excluding hydrogens is 1100 g/mol. The summed E-state index contributed by atoms with van der Waals surface area (Å²) in [4.78, 5) is 4.08. The quantitative estimate of drug-likeness (QED) is 0.0687. The van der Waals surface area contributed by atoms with Crippen LogP contribution in [0.2, 0.25) is 118 Å². The normalized spacial score (nSPS) is 14.9. The van der Waals surface area contributed by atoms with Gasteiger partial charge in [-0.15, -0.1) is 22.7 Å². The molecule has 0 fully saturated rings. The van der Waals surface area contributed by atoms with E-state index in [1.165, 1.54) is 22.9 Å². The Morgan fingerprint density at radius 3 is 1.08 bits per heavy atom. The molecule has 0 amide bonds. The molecule has 0 bridgehead atoms. The highest BCUT2D eigenvalue weighted by atomic mass is 32.1. The topological polar surface area (TPSA) is 99.6 Å². The van der Waals surface area contributed by atoms with Crippen LogP contribution in [-0.4, -0.2) is 115 Å². The molecule has 2 aliphatic rings. The van der Waals surface area contributed by atoms with Gasteiger partial charge in [0.1, 0.15) is 37.5 Å². The van der Waals surface area contributed by atoms with Crippen molar-refractivity contribution in [3.8, 4) is 64.8 Å². The molecule has 3 aromatic heterocycles. The lowest BCUT2D eigenvalue weighted by Gasteiger charge is -2.46. The number of nitrogens with zero attached hydrogens (tertiary/aromatic N) is 2. The van der Waals surface area contributed by atoms with Crippen LogP contribution in [0.25, 0.3) is 52.8 Å². The minimum Gasteiger partial charge on any atom is -0.485 e. The average molecular weight is 1180 g/mol. The van der Waals surface area contributed by atoms with Crippen molar-refractivity contribution in [2.24, 2.45) is 0 Å². The van der Waals surface area contributed by atoms with E-state index < -0.39 is 67.5 Å². The van der Waals surface area contributed by atoms with E-state index in [0.29, 0.717) is 26.4 Å². The second-order valence-electron chi connectivity index (χ2n) is 24.7. The number of rotatable bonds is 20. The van der Waals surface area contributed by atoms with E-state index in [1.54, 1.807) is 22.7 Å². The highest BCUT2D eigenvalue weighted by molar-refractivity contribution is 7.20. The molecule has 396 valence electrons. The van der Waals surface area contributed by atoms with Gasteiger partial charge in [0.05, 0.1) is 48.8 Å². The van der Waals surface area contributed by atoms with Crippen molar-refractivity contribution in [3.63, 3.8) is 0 Å². The standard InChI is InChI=1S/C52H80N2O8S3Si8/c1-66(2)33-59-70(11,12)51(71(13,14)60-34-67(3)4)37-23-19-35(20-24-37)47-43-45(57-31-29-55-43)49(63-47)39-27-28-40(42-41(39)53-65-54-42)50-46-44(56-30-32-58-46)48(64-50)36-21-25-38(26-22-36)52(72(15,16)61-68(5,6)7)73(17,18)62-69(8,9)10/h19-28,51-52,66-67H,29-34H2,1-18H3. The predicted molar refractivity (Wildman–Crippen MR) is 331 cm³/mol. The molecule has 0 radical (unpaired) electrons. The number of fused-ring (bicyclic) bond motifs is 3. The van der Waals surface area contributed by atoms with Crippen LogP contribution in [-0.2, 0) is 17.1 Å². The zero-order valence-electron chi connectivity index (χ0n) is 46.7. The van der Waals surface area contributed by atoms with E-state index in [9.17, 15) is 0 Å². The SMILES string of the molecule is C[SiH](C)CO[Si](C)(C)C(c1ccc(-c2sc(-c3ccc(-c4sc(-c5ccc(C([Si](C)(C)O[Si](C)(C)C)[Si](C)(C)O[Si](C)(C)C)cc5)c5c4OCCO5)c4nsnc34)c3c2OCCO3)cc1)[Si](C)(C)OC[SiH](C)C. The average Bonchev–Trinajstić information content (AvgIpc) is 4.03. The minimum atomic E-state index is -2.26. The first-order chi connectivity index (χ1) is 34.1. The maximum Gasteiger partial charge on any atom is 0.193 e. The van der Waals surface area contributed by atoms with Crippen LogP contribution in [0.1, 0.15) is 21.5 Å². The largest absolute Gasteiger partial charge is 0.485 e. The van der Waals surface area contributed by atoms with E-state index in [4.69, 9.17) is 44.8 Å². The molecule has 8 rings (SSSR count). The molecule has 0 aliphatic carbocycles. The van der Waals surface area contributed by atoms with Gasteiger partial charge in [0.2, 0.25) is 0 Å². The van der Waals surface area contributed by atoms with Crippen LogP contribution in [0.5, 0.6) is 23.0 Å².